The molecule has 0 spiro atoms. The predicted molar refractivity (Wildman–Crippen MR) is 112 cm³/mol. The number of amides is 1. The normalized spacial score (nSPS) is 18.1. The fourth-order valence-corrected chi connectivity index (χ4v) is 3.85. The molecule has 0 atom stereocenters. The summed E-state index contributed by atoms with van der Waals surface area (Å²) in [5, 5.41) is 4.74. The number of hydrogen-bond acceptors (Lipinski definition) is 4. The van der Waals surface area contributed by atoms with Gasteiger partial charge >= 0.3 is 0 Å². The first-order valence-corrected chi connectivity index (χ1v) is 10.0. The molecule has 1 fully saturated rings. The maximum Gasteiger partial charge on any atom is 0.277 e. The fourth-order valence-electron chi connectivity index (χ4n) is 3.85. The van der Waals surface area contributed by atoms with Crippen molar-refractivity contribution in [3.8, 4) is 17.1 Å². The van der Waals surface area contributed by atoms with E-state index in [0.717, 1.165) is 55.1 Å². The molecule has 1 aromatic carbocycles. The average Bonchev–Trinajstić information content (AvgIpc) is 3.37. The lowest BCUT2D eigenvalue weighted by Gasteiger charge is -2.13. The molecule has 29 heavy (non-hydrogen) atoms. The van der Waals surface area contributed by atoms with Gasteiger partial charge in [-0.1, -0.05) is 24.6 Å². The molecule has 2 aromatic heterocycles. The lowest BCUT2D eigenvalue weighted by molar-refractivity contribution is -0.122. The summed E-state index contributed by atoms with van der Waals surface area (Å²) in [5.41, 5.74) is 2.93. The molecule has 0 radical (unpaired) electrons. The standard InChI is InChI=1S/C23H22N4O2/c1-16-11-12-20(29-16)22-17(15-27(25-22)18-8-4-2-5-9-18)14-19-23(28)26-13-7-3-6-10-21(26)24-19/h2,4-5,8-9,11-12,14-15H,3,6-7,10,13H2,1H3/b19-14-. The quantitative estimate of drug-likeness (QED) is 0.618. The van der Waals surface area contributed by atoms with Crippen molar-refractivity contribution < 1.29 is 9.21 Å². The van der Waals surface area contributed by atoms with Crippen LogP contribution in [0.25, 0.3) is 23.2 Å². The predicted octanol–water partition coefficient (Wildman–Crippen LogP) is 4.60. The number of fused-ring (bicyclic) bond motifs is 1. The fraction of sp³-hybridized carbons (Fsp3) is 0.261. The molecule has 0 saturated carbocycles. The summed E-state index contributed by atoms with van der Waals surface area (Å²) >= 11 is 0. The van der Waals surface area contributed by atoms with Crippen molar-refractivity contribution in [3.05, 3.63) is 65.7 Å². The van der Waals surface area contributed by atoms with E-state index in [1.165, 1.54) is 0 Å². The minimum atomic E-state index is -0.0177. The molecule has 6 nitrogen and oxygen atoms in total. The van der Waals surface area contributed by atoms with Crippen LogP contribution in [0.5, 0.6) is 0 Å². The van der Waals surface area contributed by atoms with E-state index in [0.29, 0.717) is 17.2 Å². The third-order valence-electron chi connectivity index (χ3n) is 5.34. The Hall–Kier alpha value is -3.41. The molecule has 0 bridgehead atoms. The van der Waals surface area contributed by atoms with E-state index in [9.17, 15) is 4.79 Å². The van der Waals surface area contributed by atoms with Gasteiger partial charge in [0.2, 0.25) is 0 Å². The average molecular weight is 386 g/mol. The van der Waals surface area contributed by atoms with Crippen molar-refractivity contribution in [3.63, 3.8) is 0 Å². The largest absolute Gasteiger partial charge is 0.460 e. The van der Waals surface area contributed by atoms with Crippen LogP contribution < -0.4 is 0 Å². The van der Waals surface area contributed by atoms with E-state index in [-0.39, 0.29) is 5.91 Å². The number of nitrogens with zero attached hydrogens (tertiary/aromatic N) is 4. The molecule has 3 aromatic rings. The molecule has 1 amide bonds. The van der Waals surface area contributed by atoms with Crippen LogP contribution in [0.1, 0.15) is 37.0 Å². The summed E-state index contributed by atoms with van der Waals surface area (Å²) in [4.78, 5) is 19.4. The van der Waals surface area contributed by atoms with E-state index in [4.69, 9.17) is 9.52 Å². The molecule has 0 unspecified atom stereocenters. The molecule has 0 aliphatic carbocycles. The van der Waals surface area contributed by atoms with Crippen LogP contribution in [0.2, 0.25) is 0 Å². The van der Waals surface area contributed by atoms with Gasteiger partial charge in [-0.2, -0.15) is 5.10 Å². The maximum absolute atomic E-state index is 12.9. The number of aryl methyl sites for hydroxylation is 1. The molecule has 2 aliphatic heterocycles. The van der Waals surface area contributed by atoms with Crippen molar-refractivity contribution in [2.75, 3.05) is 6.54 Å². The Bertz CT molecular complexity index is 1120. The minimum Gasteiger partial charge on any atom is -0.460 e. The number of aliphatic imine (C=N–C) groups is 1. The first kappa shape index (κ1) is 17.7. The zero-order valence-electron chi connectivity index (χ0n) is 16.3. The number of benzene rings is 1. The summed E-state index contributed by atoms with van der Waals surface area (Å²) in [5.74, 6) is 2.37. The van der Waals surface area contributed by atoms with Gasteiger partial charge in [0, 0.05) is 24.7 Å². The van der Waals surface area contributed by atoms with Crippen molar-refractivity contribution in [2.24, 2.45) is 4.99 Å². The summed E-state index contributed by atoms with van der Waals surface area (Å²) in [6, 6.07) is 13.7. The smallest absolute Gasteiger partial charge is 0.277 e. The number of para-hydroxylation sites is 1. The zero-order valence-corrected chi connectivity index (χ0v) is 16.3. The zero-order chi connectivity index (χ0) is 19.8. The van der Waals surface area contributed by atoms with Gasteiger partial charge in [-0.3, -0.25) is 9.69 Å². The minimum absolute atomic E-state index is 0.0177. The summed E-state index contributed by atoms with van der Waals surface area (Å²) < 4.78 is 7.64. The Morgan fingerprint density at radius 1 is 1.07 bits per heavy atom. The van der Waals surface area contributed by atoms with Crippen LogP contribution >= 0.6 is 0 Å². The Balaban J connectivity index is 1.59. The first-order chi connectivity index (χ1) is 14.2. The van der Waals surface area contributed by atoms with Crippen LogP contribution in [0.4, 0.5) is 0 Å². The van der Waals surface area contributed by atoms with E-state index in [2.05, 4.69) is 4.99 Å². The maximum atomic E-state index is 12.9. The SMILES string of the molecule is Cc1ccc(-c2nn(-c3ccccc3)cc2/C=C2\N=C3CCCCCN3C2=O)o1. The van der Waals surface area contributed by atoms with Crippen LogP contribution in [-0.2, 0) is 4.79 Å². The molecule has 1 saturated heterocycles. The molecule has 0 N–H and O–H groups in total. The summed E-state index contributed by atoms with van der Waals surface area (Å²) in [6.45, 7) is 2.66. The topological polar surface area (TPSA) is 63.6 Å². The van der Waals surface area contributed by atoms with E-state index < -0.39 is 0 Å². The lowest BCUT2D eigenvalue weighted by Crippen LogP contribution is -2.31. The monoisotopic (exact) mass is 386 g/mol. The van der Waals surface area contributed by atoms with E-state index in [1.54, 1.807) is 0 Å². The van der Waals surface area contributed by atoms with Gasteiger partial charge in [-0.05, 0) is 50.1 Å². The van der Waals surface area contributed by atoms with Crippen molar-refractivity contribution in [1.82, 2.24) is 14.7 Å². The van der Waals surface area contributed by atoms with Gasteiger partial charge < -0.3 is 4.42 Å². The Morgan fingerprint density at radius 3 is 2.72 bits per heavy atom. The third kappa shape index (κ3) is 3.31. The molecule has 6 heteroatoms. The summed E-state index contributed by atoms with van der Waals surface area (Å²) in [6.07, 6.45) is 7.88. The van der Waals surface area contributed by atoms with Crippen molar-refractivity contribution >= 4 is 17.8 Å². The molecule has 146 valence electrons. The van der Waals surface area contributed by atoms with Crippen LogP contribution in [-0.4, -0.2) is 33.0 Å². The third-order valence-corrected chi connectivity index (χ3v) is 5.34. The lowest BCUT2D eigenvalue weighted by atomic mass is 10.1. The number of furan rings is 1. The molecular weight excluding hydrogens is 364 g/mol. The van der Waals surface area contributed by atoms with E-state index in [1.807, 2.05) is 71.2 Å². The first-order valence-electron chi connectivity index (χ1n) is 10.0. The highest BCUT2D eigenvalue weighted by Crippen LogP contribution is 2.30. The number of carbonyl (C=O) groups is 1. The van der Waals surface area contributed by atoms with Gasteiger partial charge in [-0.15, -0.1) is 0 Å². The van der Waals surface area contributed by atoms with Crippen LogP contribution in [0.3, 0.4) is 0 Å². The van der Waals surface area contributed by atoms with Gasteiger partial charge in [0.05, 0.1) is 5.69 Å². The van der Waals surface area contributed by atoms with E-state index >= 15 is 0 Å². The van der Waals surface area contributed by atoms with Gasteiger partial charge in [0.25, 0.3) is 5.91 Å². The highest BCUT2D eigenvalue weighted by Gasteiger charge is 2.31. The van der Waals surface area contributed by atoms with Gasteiger partial charge in [0.1, 0.15) is 23.0 Å². The van der Waals surface area contributed by atoms with Crippen molar-refractivity contribution in [1.29, 1.82) is 0 Å². The number of hydrogen-bond donors (Lipinski definition) is 0. The number of rotatable bonds is 3. The second-order valence-electron chi connectivity index (χ2n) is 7.45. The second-order valence-corrected chi connectivity index (χ2v) is 7.45. The van der Waals surface area contributed by atoms with Crippen LogP contribution in [0, 0.1) is 6.92 Å². The highest BCUT2D eigenvalue weighted by molar-refractivity contribution is 6.14. The Kier molecular flexibility index (Phi) is 4.39. The molecule has 4 heterocycles. The Labute approximate surface area is 169 Å². The number of amidine groups is 1. The number of aromatic nitrogens is 2. The second kappa shape index (κ2) is 7.20. The summed E-state index contributed by atoms with van der Waals surface area (Å²) in [7, 11) is 0. The molecule has 5 rings (SSSR count). The van der Waals surface area contributed by atoms with Crippen molar-refractivity contribution in [2.45, 2.75) is 32.6 Å². The highest BCUT2D eigenvalue weighted by atomic mass is 16.3. The molecular formula is C23H22N4O2. The number of carbonyl (C=O) groups excluding carboxylic acids is 1. The van der Waals surface area contributed by atoms with Crippen LogP contribution in [0.15, 0.2) is 63.8 Å². The Morgan fingerprint density at radius 2 is 1.93 bits per heavy atom. The van der Waals surface area contributed by atoms with Gasteiger partial charge in [-0.25, -0.2) is 9.67 Å². The van der Waals surface area contributed by atoms with Gasteiger partial charge in [0.15, 0.2) is 5.76 Å². The molecule has 2 aliphatic rings.